The molecule has 1 atom stereocenters. The van der Waals surface area contributed by atoms with Crippen LogP contribution < -0.4 is 5.73 Å². The Morgan fingerprint density at radius 3 is 2.71 bits per heavy atom. The largest absolute Gasteiger partial charge is 0.328 e. The van der Waals surface area contributed by atoms with Crippen molar-refractivity contribution in [3.8, 4) is 0 Å². The molecule has 1 nitrogen and oxygen atoms in total. The summed E-state index contributed by atoms with van der Waals surface area (Å²) < 4.78 is 0. The molecule has 0 bridgehead atoms. The molecule has 0 aliphatic rings. The highest BCUT2D eigenvalue weighted by atomic mass is 32.2. The van der Waals surface area contributed by atoms with E-state index in [4.69, 9.17) is 5.73 Å². The van der Waals surface area contributed by atoms with Gasteiger partial charge in [0.15, 0.2) is 0 Å². The van der Waals surface area contributed by atoms with Crippen molar-refractivity contribution in [2.45, 2.75) is 38.1 Å². The molecule has 0 aliphatic heterocycles. The van der Waals surface area contributed by atoms with Crippen LogP contribution in [-0.4, -0.2) is 11.8 Å². The van der Waals surface area contributed by atoms with Crippen molar-refractivity contribution < 1.29 is 0 Å². The molecule has 0 fully saturated rings. The molecule has 0 amide bonds. The quantitative estimate of drug-likeness (QED) is 0.771. The maximum atomic E-state index is 5.71. The predicted octanol–water partition coefficient (Wildman–Crippen LogP) is 3.13. The van der Waals surface area contributed by atoms with Crippen LogP contribution in [-0.2, 0) is 0 Å². The molecule has 14 heavy (non-hydrogen) atoms. The lowest BCUT2D eigenvalue weighted by atomic mass is 10.2. The number of rotatable bonds is 4. The van der Waals surface area contributed by atoms with Gasteiger partial charge in [0.2, 0.25) is 0 Å². The second-order valence-electron chi connectivity index (χ2n) is 3.88. The van der Waals surface area contributed by atoms with Gasteiger partial charge in [-0.25, -0.2) is 0 Å². The van der Waals surface area contributed by atoms with Crippen LogP contribution in [0.15, 0.2) is 23.1 Å². The third-order valence-electron chi connectivity index (χ3n) is 2.17. The zero-order chi connectivity index (χ0) is 10.6. The molecule has 1 aromatic carbocycles. The van der Waals surface area contributed by atoms with Crippen LogP contribution in [0.2, 0.25) is 0 Å². The topological polar surface area (TPSA) is 26.0 Å². The highest BCUT2D eigenvalue weighted by molar-refractivity contribution is 7.99. The Balaban J connectivity index is 2.53. The molecule has 2 N–H and O–H groups in total. The van der Waals surface area contributed by atoms with Crippen LogP contribution in [0.1, 0.15) is 24.5 Å². The second kappa shape index (κ2) is 5.42. The van der Waals surface area contributed by atoms with Gasteiger partial charge in [0.1, 0.15) is 0 Å². The van der Waals surface area contributed by atoms with E-state index in [0.29, 0.717) is 6.04 Å². The van der Waals surface area contributed by atoms with E-state index >= 15 is 0 Å². The summed E-state index contributed by atoms with van der Waals surface area (Å²) in [5.74, 6) is 1.11. The Morgan fingerprint density at radius 2 is 2.07 bits per heavy atom. The van der Waals surface area contributed by atoms with Crippen LogP contribution in [0.3, 0.4) is 0 Å². The average molecular weight is 209 g/mol. The molecule has 0 saturated heterocycles. The van der Waals surface area contributed by atoms with E-state index in [1.54, 1.807) is 0 Å². The van der Waals surface area contributed by atoms with Gasteiger partial charge in [0.25, 0.3) is 0 Å². The molecule has 0 heterocycles. The van der Waals surface area contributed by atoms with Crippen LogP contribution in [0, 0.1) is 13.8 Å². The van der Waals surface area contributed by atoms with Gasteiger partial charge in [0.05, 0.1) is 0 Å². The normalized spacial score (nSPS) is 12.9. The molecule has 0 radical (unpaired) electrons. The van der Waals surface area contributed by atoms with Crippen molar-refractivity contribution in [2.75, 3.05) is 5.75 Å². The molecule has 0 aromatic heterocycles. The summed E-state index contributed by atoms with van der Waals surface area (Å²) in [6.07, 6.45) is 1.08. The van der Waals surface area contributed by atoms with E-state index in [-0.39, 0.29) is 0 Å². The first kappa shape index (κ1) is 11.6. The first-order valence-electron chi connectivity index (χ1n) is 5.05. The second-order valence-corrected chi connectivity index (χ2v) is 5.02. The smallest absolute Gasteiger partial charge is 0.0104 e. The Morgan fingerprint density at radius 1 is 1.36 bits per heavy atom. The number of hydrogen-bond acceptors (Lipinski definition) is 2. The van der Waals surface area contributed by atoms with Crippen molar-refractivity contribution in [1.82, 2.24) is 0 Å². The van der Waals surface area contributed by atoms with Crippen LogP contribution in [0.4, 0.5) is 0 Å². The van der Waals surface area contributed by atoms with Gasteiger partial charge in [-0.3, -0.25) is 0 Å². The number of thioether (sulfide) groups is 1. The number of aryl methyl sites for hydroxylation is 2. The Hall–Kier alpha value is -0.470. The van der Waals surface area contributed by atoms with Crippen molar-refractivity contribution in [2.24, 2.45) is 5.73 Å². The van der Waals surface area contributed by atoms with Crippen LogP contribution in [0.5, 0.6) is 0 Å². The van der Waals surface area contributed by atoms with Crippen LogP contribution in [0.25, 0.3) is 0 Å². The Kier molecular flexibility index (Phi) is 4.49. The summed E-state index contributed by atoms with van der Waals surface area (Å²) in [6.45, 7) is 6.35. The third-order valence-corrected chi connectivity index (χ3v) is 3.37. The fraction of sp³-hybridized carbons (Fsp3) is 0.500. The first-order chi connectivity index (χ1) is 6.59. The highest BCUT2D eigenvalue weighted by Crippen LogP contribution is 2.24. The fourth-order valence-electron chi connectivity index (χ4n) is 1.22. The molecule has 0 aliphatic carbocycles. The maximum absolute atomic E-state index is 5.71. The molecule has 0 spiro atoms. The number of nitrogens with two attached hydrogens (primary N) is 1. The summed E-state index contributed by atoms with van der Waals surface area (Å²) in [6, 6.07) is 6.91. The van der Waals surface area contributed by atoms with Crippen molar-refractivity contribution in [3.05, 3.63) is 29.3 Å². The third kappa shape index (κ3) is 3.72. The van der Waals surface area contributed by atoms with Gasteiger partial charge in [-0.05, 0) is 44.6 Å². The summed E-state index contributed by atoms with van der Waals surface area (Å²) in [4.78, 5) is 1.39. The lowest BCUT2D eigenvalue weighted by Gasteiger charge is -2.08. The van der Waals surface area contributed by atoms with E-state index in [2.05, 4.69) is 39.0 Å². The lowest BCUT2D eigenvalue weighted by molar-refractivity contribution is 0.721. The first-order valence-corrected chi connectivity index (χ1v) is 6.04. The SMILES string of the molecule is Cc1ccc(C)c(SCCC(C)N)c1. The molecule has 0 saturated carbocycles. The van der Waals surface area contributed by atoms with E-state index in [0.717, 1.165) is 12.2 Å². The summed E-state index contributed by atoms with van der Waals surface area (Å²) >= 11 is 1.91. The Labute approximate surface area is 91.1 Å². The standard InChI is InChI=1S/C12H19NS/c1-9-4-5-10(2)12(8-9)14-7-6-11(3)13/h4-5,8,11H,6-7,13H2,1-3H3. The van der Waals surface area contributed by atoms with E-state index in [1.165, 1.54) is 16.0 Å². The molecule has 1 rings (SSSR count). The summed E-state index contributed by atoms with van der Waals surface area (Å²) in [7, 11) is 0. The summed E-state index contributed by atoms with van der Waals surface area (Å²) in [5, 5.41) is 0. The lowest BCUT2D eigenvalue weighted by Crippen LogP contribution is -2.15. The zero-order valence-electron chi connectivity index (χ0n) is 9.21. The molecular weight excluding hydrogens is 190 g/mol. The fourth-order valence-corrected chi connectivity index (χ4v) is 2.49. The van der Waals surface area contributed by atoms with Crippen molar-refractivity contribution >= 4 is 11.8 Å². The predicted molar refractivity (Wildman–Crippen MR) is 64.9 cm³/mol. The number of hydrogen-bond donors (Lipinski definition) is 1. The molecule has 1 unspecified atom stereocenters. The molecular formula is C12H19NS. The Bertz CT molecular complexity index is 294. The van der Waals surface area contributed by atoms with Crippen molar-refractivity contribution in [3.63, 3.8) is 0 Å². The average Bonchev–Trinajstić information content (AvgIpc) is 2.10. The monoisotopic (exact) mass is 209 g/mol. The van der Waals surface area contributed by atoms with E-state index < -0.39 is 0 Å². The molecule has 78 valence electrons. The molecule has 1 aromatic rings. The number of benzene rings is 1. The van der Waals surface area contributed by atoms with Gasteiger partial charge in [0, 0.05) is 10.9 Å². The van der Waals surface area contributed by atoms with Crippen molar-refractivity contribution in [1.29, 1.82) is 0 Å². The van der Waals surface area contributed by atoms with E-state index in [1.807, 2.05) is 11.8 Å². The highest BCUT2D eigenvalue weighted by Gasteiger charge is 2.00. The van der Waals surface area contributed by atoms with E-state index in [9.17, 15) is 0 Å². The van der Waals surface area contributed by atoms with Crippen LogP contribution >= 0.6 is 11.8 Å². The van der Waals surface area contributed by atoms with Gasteiger partial charge >= 0.3 is 0 Å². The van der Waals surface area contributed by atoms with Gasteiger partial charge in [-0.1, -0.05) is 17.7 Å². The maximum Gasteiger partial charge on any atom is 0.0104 e. The molecule has 2 heteroatoms. The minimum absolute atomic E-state index is 0.313. The van der Waals surface area contributed by atoms with Gasteiger partial charge in [-0.15, -0.1) is 11.8 Å². The van der Waals surface area contributed by atoms with Gasteiger partial charge in [-0.2, -0.15) is 0 Å². The minimum Gasteiger partial charge on any atom is -0.328 e. The van der Waals surface area contributed by atoms with Gasteiger partial charge < -0.3 is 5.73 Å². The summed E-state index contributed by atoms with van der Waals surface area (Å²) in [5.41, 5.74) is 8.41. The minimum atomic E-state index is 0.313. The zero-order valence-corrected chi connectivity index (χ0v) is 10.0.